The third-order valence-corrected chi connectivity index (χ3v) is 5.90. The first-order valence-electron chi connectivity index (χ1n) is 8.27. The van der Waals surface area contributed by atoms with E-state index in [0.29, 0.717) is 30.0 Å². The average molecular weight is 459 g/mol. The van der Waals surface area contributed by atoms with Crippen molar-refractivity contribution in [3.8, 4) is 0 Å². The molecule has 0 saturated carbocycles. The fourth-order valence-corrected chi connectivity index (χ4v) is 4.60. The summed E-state index contributed by atoms with van der Waals surface area (Å²) in [6.07, 6.45) is 2.73. The lowest BCUT2D eigenvalue weighted by atomic mass is 10.1. The van der Waals surface area contributed by atoms with Crippen molar-refractivity contribution in [2.24, 2.45) is 16.8 Å². The van der Waals surface area contributed by atoms with Crippen LogP contribution in [0.15, 0.2) is 4.99 Å². The van der Waals surface area contributed by atoms with Gasteiger partial charge in [-0.1, -0.05) is 13.8 Å². The number of hydrogen-bond donors (Lipinski definition) is 2. The number of nitrogens with one attached hydrogen (secondary N) is 2. The molecule has 2 aliphatic heterocycles. The van der Waals surface area contributed by atoms with Gasteiger partial charge in [0.05, 0.1) is 11.5 Å². The van der Waals surface area contributed by atoms with Gasteiger partial charge in [-0.2, -0.15) is 0 Å². The second-order valence-corrected chi connectivity index (χ2v) is 8.99. The molecule has 2 N–H and O–H groups in total. The summed E-state index contributed by atoms with van der Waals surface area (Å²) in [4.78, 5) is 4.62. The molecule has 1 unspecified atom stereocenters. The minimum atomic E-state index is -2.81. The Morgan fingerprint density at radius 1 is 1.26 bits per heavy atom. The quantitative estimate of drug-likeness (QED) is 0.369. The maximum absolute atomic E-state index is 11.5. The normalized spacial score (nSPS) is 25.2. The molecule has 6 nitrogen and oxygen atoms in total. The minimum absolute atomic E-state index is 0. The van der Waals surface area contributed by atoms with Crippen LogP contribution in [0.5, 0.6) is 0 Å². The van der Waals surface area contributed by atoms with E-state index in [-0.39, 0.29) is 29.9 Å². The van der Waals surface area contributed by atoms with Crippen molar-refractivity contribution < 1.29 is 13.2 Å². The SMILES string of the molecule is CC(C)CN=C(NCC1CCS(=O)(=O)C1)NC1CCOCC1.I. The molecular formula is C15H30IN3O3S. The van der Waals surface area contributed by atoms with Crippen molar-refractivity contribution in [3.05, 3.63) is 0 Å². The van der Waals surface area contributed by atoms with Crippen molar-refractivity contribution in [2.45, 2.75) is 39.2 Å². The van der Waals surface area contributed by atoms with Crippen LogP contribution in [0.1, 0.15) is 33.1 Å². The summed E-state index contributed by atoms with van der Waals surface area (Å²) < 4.78 is 28.4. The van der Waals surface area contributed by atoms with Crippen LogP contribution in [0.25, 0.3) is 0 Å². The molecule has 0 aromatic heterocycles. The van der Waals surface area contributed by atoms with Crippen LogP contribution in [0.3, 0.4) is 0 Å². The van der Waals surface area contributed by atoms with E-state index in [2.05, 4.69) is 29.5 Å². The van der Waals surface area contributed by atoms with Crippen molar-refractivity contribution in [1.29, 1.82) is 0 Å². The molecule has 23 heavy (non-hydrogen) atoms. The van der Waals surface area contributed by atoms with Gasteiger partial charge in [0.15, 0.2) is 15.8 Å². The Morgan fingerprint density at radius 2 is 1.96 bits per heavy atom. The monoisotopic (exact) mass is 459 g/mol. The average Bonchev–Trinajstić information content (AvgIpc) is 2.82. The van der Waals surface area contributed by atoms with E-state index in [4.69, 9.17) is 4.74 Å². The predicted molar refractivity (Wildman–Crippen MR) is 104 cm³/mol. The molecule has 2 aliphatic rings. The Balaban J connectivity index is 0.00000264. The third kappa shape index (κ3) is 8.02. The van der Waals surface area contributed by atoms with Crippen molar-refractivity contribution >= 4 is 39.8 Å². The zero-order valence-electron chi connectivity index (χ0n) is 14.1. The zero-order chi connectivity index (χ0) is 16.0. The van der Waals surface area contributed by atoms with Crippen LogP contribution in [-0.2, 0) is 14.6 Å². The highest BCUT2D eigenvalue weighted by atomic mass is 127. The summed E-state index contributed by atoms with van der Waals surface area (Å²) in [6, 6.07) is 0.388. The largest absolute Gasteiger partial charge is 0.381 e. The molecule has 2 heterocycles. The van der Waals surface area contributed by atoms with Gasteiger partial charge in [0.1, 0.15) is 0 Å². The Hall–Kier alpha value is -0.0900. The van der Waals surface area contributed by atoms with Crippen LogP contribution < -0.4 is 10.6 Å². The van der Waals surface area contributed by atoms with Crippen molar-refractivity contribution in [3.63, 3.8) is 0 Å². The highest BCUT2D eigenvalue weighted by Gasteiger charge is 2.28. The van der Waals surface area contributed by atoms with Gasteiger partial charge < -0.3 is 15.4 Å². The fraction of sp³-hybridized carbons (Fsp3) is 0.933. The maximum atomic E-state index is 11.5. The van der Waals surface area contributed by atoms with E-state index in [0.717, 1.165) is 45.0 Å². The number of hydrogen-bond acceptors (Lipinski definition) is 4. The smallest absolute Gasteiger partial charge is 0.191 e. The van der Waals surface area contributed by atoms with Gasteiger partial charge in [-0.15, -0.1) is 24.0 Å². The van der Waals surface area contributed by atoms with Crippen LogP contribution in [-0.4, -0.2) is 58.2 Å². The standard InChI is InChI=1S/C15H29N3O3S.HI/c1-12(2)9-16-15(18-14-3-6-21-7-4-14)17-10-13-5-8-22(19,20)11-13;/h12-14H,3-11H2,1-2H3,(H2,16,17,18);1H. The van der Waals surface area contributed by atoms with Crippen LogP contribution >= 0.6 is 24.0 Å². The summed E-state index contributed by atoms with van der Waals surface area (Å²) in [5.74, 6) is 2.13. The van der Waals surface area contributed by atoms with Gasteiger partial charge in [-0.3, -0.25) is 4.99 Å². The third-order valence-electron chi connectivity index (χ3n) is 4.06. The van der Waals surface area contributed by atoms with Gasteiger partial charge in [0.2, 0.25) is 0 Å². The second kappa shape index (κ2) is 10.0. The van der Waals surface area contributed by atoms with Crippen molar-refractivity contribution in [2.75, 3.05) is 37.8 Å². The van der Waals surface area contributed by atoms with E-state index in [9.17, 15) is 8.42 Å². The molecule has 0 spiro atoms. The molecule has 2 rings (SSSR count). The van der Waals surface area contributed by atoms with Crippen molar-refractivity contribution in [1.82, 2.24) is 10.6 Å². The Morgan fingerprint density at radius 3 is 2.52 bits per heavy atom. The van der Waals surface area contributed by atoms with Gasteiger partial charge in [-0.25, -0.2) is 8.42 Å². The summed E-state index contributed by atoms with van der Waals surface area (Å²) in [5.41, 5.74) is 0. The van der Waals surface area contributed by atoms with E-state index < -0.39 is 9.84 Å². The highest BCUT2D eigenvalue weighted by Crippen LogP contribution is 2.17. The summed E-state index contributed by atoms with van der Waals surface area (Å²) in [5, 5.41) is 6.80. The second-order valence-electron chi connectivity index (χ2n) is 6.76. The van der Waals surface area contributed by atoms with E-state index >= 15 is 0 Å². The molecule has 0 aromatic rings. The number of ether oxygens (including phenoxy) is 1. The first-order valence-corrected chi connectivity index (χ1v) is 10.1. The molecule has 0 aromatic carbocycles. The van der Waals surface area contributed by atoms with Gasteiger partial charge in [-0.05, 0) is 31.1 Å². The van der Waals surface area contributed by atoms with Crippen LogP contribution in [0.4, 0.5) is 0 Å². The molecule has 0 bridgehead atoms. The lowest BCUT2D eigenvalue weighted by molar-refractivity contribution is 0.0822. The van der Waals surface area contributed by atoms with Gasteiger partial charge >= 0.3 is 0 Å². The molecule has 0 aliphatic carbocycles. The number of aliphatic imine (C=N–C) groups is 1. The first kappa shape index (κ1) is 21.0. The zero-order valence-corrected chi connectivity index (χ0v) is 17.2. The number of halogens is 1. The summed E-state index contributed by atoms with van der Waals surface area (Å²) in [6.45, 7) is 7.29. The molecule has 136 valence electrons. The first-order chi connectivity index (χ1) is 10.4. The van der Waals surface area contributed by atoms with Crippen LogP contribution in [0, 0.1) is 11.8 Å². The molecule has 0 amide bonds. The topological polar surface area (TPSA) is 79.8 Å². The molecule has 2 saturated heterocycles. The lowest BCUT2D eigenvalue weighted by Crippen LogP contribution is -2.47. The number of rotatable bonds is 5. The fourth-order valence-electron chi connectivity index (χ4n) is 2.74. The van der Waals surface area contributed by atoms with E-state index in [1.54, 1.807) is 0 Å². The molecule has 0 radical (unpaired) electrons. The molecular weight excluding hydrogens is 429 g/mol. The molecule has 1 atom stereocenters. The Kier molecular flexibility index (Phi) is 9.13. The van der Waals surface area contributed by atoms with Crippen LogP contribution in [0.2, 0.25) is 0 Å². The Bertz CT molecular complexity index is 476. The van der Waals surface area contributed by atoms with E-state index in [1.807, 2.05) is 0 Å². The van der Waals surface area contributed by atoms with Gasteiger partial charge in [0, 0.05) is 32.3 Å². The number of sulfone groups is 1. The highest BCUT2D eigenvalue weighted by molar-refractivity contribution is 14.0. The van der Waals surface area contributed by atoms with Gasteiger partial charge in [0.25, 0.3) is 0 Å². The number of nitrogens with zero attached hydrogens (tertiary/aromatic N) is 1. The maximum Gasteiger partial charge on any atom is 0.191 e. The lowest BCUT2D eigenvalue weighted by Gasteiger charge is -2.26. The summed E-state index contributed by atoms with van der Waals surface area (Å²) in [7, 11) is -2.81. The van der Waals surface area contributed by atoms with E-state index in [1.165, 1.54) is 0 Å². The minimum Gasteiger partial charge on any atom is -0.381 e. The Labute approximate surface area is 157 Å². The molecule has 2 fully saturated rings. The summed E-state index contributed by atoms with van der Waals surface area (Å²) >= 11 is 0. The number of guanidine groups is 1. The molecule has 8 heteroatoms. The predicted octanol–water partition coefficient (Wildman–Crippen LogP) is 1.41.